The van der Waals surface area contributed by atoms with Crippen molar-refractivity contribution in [3.05, 3.63) is 82.3 Å². The van der Waals surface area contributed by atoms with Crippen molar-refractivity contribution >= 4 is 28.6 Å². The van der Waals surface area contributed by atoms with Crippen molar-refractivity contribution in [3.63, 3.8) is 0 Å². The Kier molecular flexibility index (Phi) is 7.23. The van der Waals surface area contributed by atoms with Gasteiger partial charge < -0.3 is 11.1 Å². The third kappa shape index (κ3) is 5.93. The molecule has 11 heteroatoms. The monoisotopic (exact) mass is 515 g/mol. The summed E-state index contributed by atoms with van der Waals surface area (Å²) in [7, 11) is 1.58. The first-order chi connectivity index (χ1) is 17.6. The zero-order chi connectivity index (χ0) is 26.7. The van der Waals surface area contributed by atoms with Gasteiger partial charge in [-0.3, -0.25) is 14.4 Å². The van der Waals surface area contributed by atoms with Gasteiger partial charge in [0.1, 0.15) is 12.4 Å². The van der Waals surface area contributed by atoms with Crippen LogP contribution in [0.4, 0.5) is 33.5 Å². The van der Waals surface area contributed by atoms with E-state index in [9.17, 15) is 26.7 Å². The average molecular weight is 515 g/mol. The van der Waals surface area contributed by atoms with Gasteiger partial charge in [-0.1, -0.05) is 24.3 Å². The molecule has 0 saturated heterocycles. The van der Waals surface area contributed by atoms with Gasteiger partial charge >= 0.3 is 6.18 Å². The first kappa shape index (κ1) is 25.8. The molecule has 0 saturated carbocycles. The Morgan fingerprint density at radius 1 is 1.11 bits per heavy atom. The lowest BCUT2D eigenvalue weighted by Gasteiger charge is -2.15. The second-order valence-electron chi connectivity index (χ2n) is 8.27. The zero-order valence-electron chi connectivity index (χ0n) is 19.6. The highest BCUT2D eigenvalue weighted by Gasteiger charge is 2.27. The number of alkyl halides is 5. The van der Waals surface area contributed by atoms with Gasteiger partial charge in [-0.25, -0.2) is 13.8 Å². The van der Waals surface area contributed by atoms with E-state index in [4.69, 9.17) is 5.73 Å². The third-order valence-electron chi connectivity index (χ3n) is 5.58. The number of aromatic nitrogens is 2. The lowest BCUT2D eigenvalue weighted by molar-refractivity contribution is -0.115. The molecule has 0 atom stereocenters. The molecule has 0 bridgehead atoms. The van der Waals surface area contributed by atoms with Gasteiger partial charge in [-0.05, 0) is 41.5 Å². The Balaban J connectivity index is 1.93. The maximum Gasteiger partial charge on any atom is 0.405 e. The first-order valence-corrected chi connectivity index (χ1v) is 11.1. The summed E-state index contributed by atoms with van der Waals surface area (Å²) in [5, 5.41) is 2.70. The van der Waals surface area contributed by atoms with Crippen LogP contribution in [0.3, 0.4) is 0 Å². The van der Waals surface area contributed by atoms with E-state index in [1.54, 1.807) is 37.5 Å². The minimum Gasteiger partial charge on any atom is -0.398 e. The Labute approximate surface area is 208 Å². The molecule has 4 aromatic rings. The number of anilines is 2. The van der Waals surface area contributed by atoms with Crippen molar-refractivity contribution in [2.24, 2.45) is 4.99 Å². The predicted molar refractivity (Wildman–Crippen MR) is 135 cm³/mol. The van der Waals surface area contributed by atoms with Gasteiger partial charge in [0.05, 0.1) is 11.1 Å². The molecular weight excluding hydrogens is 493 g/mol. The van der Waals surface area contributed by atoms with Crippen molar-refractivity contribution < 1.29 is 22.0 Å². The zero-order valence-corrected chi connectivity index (χ0v) is 19.6. The van der Waals surface area contributed by atoms with E-state index < -0.39 is 31.1 Å². The number of nitrogens with one attached hydrogen (secondary N) is 1. The molecule has 0 aliphatic carbocycles. The normalized spacial score (nSPS) is 12.1. The van der Waals surface area contributed by atoms with E-state index in [1.165, 1.54) is 41.1 Å². The van der Waals surface area contributed by atoms with Crippen molar-refractivity contribution in [1.82, 2.24) is 9.55 Å². The molecule has 3 N–H and O–H groups in total. The van der Waals surface area contributed by atoms with Gasteiger partial charge in [0, 0.05) is 48.2 Å². The number of nitrogens with two attached hydrogens (primary N) is 1. The fourth-order valence-corrected chi connectivity index (χ4v) is 3.88. The second-order valence-corrected chi connectivity index (χ2v) is 8.27. The Morgan fingerprint density at radius 3 is 2.49 bits per heavy atom. The number of nitrogen functional groups attached to an aromatic ring is 1. The molecule has 37 heavy (non-hydrogen) atoms. The molecule has 2 heterocycles. The number of aliphatic imine (C=N–C) groups is 1. The SMILES string of the molecule is CN=Cc1cc(-n2cc3ccc(NCC(F)(F)F)nc3c(-c3ccc(CC(F)F)cc3)c2=O)ccc1N. The van der Waals surface area contributed by atoms with Crippen molar-refractivity contribution in [2.45, 2.75) is 19.0 Å². The summed E-state index contributed by atoms with van der Waals surface area (Å²) in [5.41, 5.74) is 8.06. The number of hydrogen-bond acceptors (Lipinski definition) is 5. The molecular formula is C26H22F5N5O. The molecule has 0 fully saturated rings. The molecule has 0 spiro atoms. The van der Waals surface area contributed by atoms with Gasteiger partial charge in [0.15, 0.2) is 0 Å². The van der Waals surface area contributed by atoms with Crippen LogP contribution in [-0.4, -0.2) is 42.0 Å². The smallest absolute Gasteiger partial charge is 0.398 e. The number of hydrogen-bond donors (Lipinski definition) is 2. The highest BCUT2D eigenvalue weighted by atomic mass is 19.4. The standard InChI is InChI=1S/C26H22F5N5O/c1-33-12-18-11-19(7-8-20(18)32)36-13-17-6-9-22(34-14-26(29,30)31)35-24(17)23(25(36)37)16-4-2-15(3-5-16)10-21(27)28/h2-9,11-13,21H,10,14,32H2,1H3,(H,34,35). The van der Waals surface area contributed by atoms with Crippen LogP contribution in [0.15, 0.2) is 70.6 Å². The fraction of sp³-hybridized carbons (Fsp3) is 0.192. The number of pyridine rings is 2. The summed E-state index contributed by atoms with van der Waals surface area (Å²) in [6, 6.07) is 13.9. The molecule has 0 radical (unpaired) electrons. The molecule has 0 unspecified atom stereocenters. The summed E-state index contributed by atoms with van der Waals surface area (Å²) in [4.78, 5) is 22.0. The highest BCUT2D eigenvalue weighted by Crippen LogP contribution is 2.28. The molecule has 0 aliphatic heterocycles. The summed E-state index contributed by atoms with van der Waals surface area (Å²) in [6.07, 6.45) is -4.36. The largest absolute Gasteiger partial charge is 0.405 e. The quantitative estimate of drug-likeness (QED) is 0.194. The van der Waals surface area contributed by atoms with Gasteiger partial charge in [0.2, 0.25) is 6.43 Å². The number of rotatable bonds is 7. The van der Waals surface area contributed by atoms with Crippen molar-refractivity contribution in [2.75, 3.05) is 24.6 Å². The van der Waals surface area contributed by atoms with Crippen LogP contribution >= 0.6 is 0 Å². The average Bonchev–Trinajstić information content (AvgIpc) is 2.84. The summed E-state index contributed by atoms with van der Waals surface area (Å²) in [5.74, 6) is -0.0635. The van der Waals surface area contributed by atoms with Crippen molar-refractivity contribution in [1.29, 1.82) is 0 Å². The van der Waals surface area contributed by atoms with Crippen LogP contribution in [0.1, 0.15) is 11.1 Å². The molecule has 4 rings (SSSR count). The maximum absolute atomic E-state index is 13.8. The molecule has 2 aromatic heterocycles. The maximum atomic E-state index is 13.8. The van der Waals surface area contributed by atoms with Crippen LogP contribution in [0.5, 0.6) is 0 Å². The molecule has 192 valence electrons. The Bertz CT molecular complexity index is 1510. The number of fused-ring (bicyclic) bond motifs is 1. The van der Waals surface area contributed by atoms with Crippen LogP contribution < -0.4 is 16.6 Å². The summed E-state index contributed by atoms with van der Waals surface area (Å²) in [6.45, 7) is -1.30. The van der Waals surface area contributed by atoms with Crippen LogP contribution in [0.2, 0.25) is 0 Å². The molecule has 0 aliphatic rings. The Hall–Kier alpha value is -4.28. The van der Waals surface area contributed by atoms with E-state index in [0.29, 0.717) is 33.5 Å². The van der Waals surface area contributed by atoms with E-state index in [2.05, 4.69) is 15.3 Å². The van der Waals surface area contributed by atoms with Crippen LogP contribution in [-0.2, 0) is 6.42 Å². The number of nitrogens with zero attached hydrogens (tertiary/aromatic N) is 3. The molecule has 6 nitrogen and oxygen atoms in total. The van der Waals surface area contributed by atoms with Gasteiger partial charge in [-0.2, -0.15) is 13.2 Å². The Morgan fingerprint density at radius 2 is 1.84 bits per heavy atom. The number of benzene rings is 2. The predicted octanol–water partition coefficient (Wildman–Crippen LogP) is 5.47. The summed E-state index contributed by atoms with van der Waals surface area (Å²) < 4.78 is 65.2. The van der Waals surface area contributed by atoms with E-state index in [0.717, 1.165) is 0 Å². The summed E-state index contributed by atoms with van der Waals surface area (Å²) >= 11 is 0. The first-order valence-electron chi connectivity index (χ1n) is 11.1. The topological polar surface area (TPSA) is 85.3 Å². The van der Waals surface area contributed by atoms with Crippen LogP contribution in [0.25, 0.3) is 27.7 Å². The lowest BCUT2D eigenvalue weighted by Crippen LogP contribution is -2.23. The van der Waals surface area contributed by atoms with Crippen LogP contribution in [0, 0.1) is 0 Å². The van der Waals surface area contributed by atoms with Gasteiger partial charge in [0.25, 0.3) is 5.56 Å². The van der Waals surface area contributed by atoms with Crippen molar-refractivity contribution in [3.8, 4) is 16.8 Å². The van der Waals surface area contributed by atoms with E-state index in [1.807, 2.05) is 0 Å². The second kappa shape index (κ2) is 10.4. The minimum atomic E-state index is -4.46. The lowest BCUT2D eigenvalue weighted by atomic mass is 10.0. The minimum absolute atomic E-state index is 0.0635. The molecule has 2 aromatic carbocycles. The van der Waals surface area contributed by atoms with E-state index in [-0.39, 0.29) is 16.9 Å². The molecule has 0 amide bonds. The number of halogens is 5. The van der Waals surface area contributed by atoms with E-state index >= 15 is 0 Å². The highest BCUT2D eigenvalue weighted by molar-refractivity contribution is 5.94. The third-order valence-corrected chi connectivity index (χ3v) is 5.58. The fourth-order valence-electron chi connectivity index (χ4n) is 3.88. The van der Waals surface area contributed by atoms with Gasteiger partial charge in [-0.15, -0.1) is 0 Å².